The van der Waals surface area contributed by atoms with Crippen molar-refractivity contribution >= 4 is 23.5 Å². The SMILES string of the molecule is COc1ccc(CNC(=O)[C@@H](C)OC(=O)c2cc(Cl)c3c(c2)OCCCO3)cc1. The van der Waals surface area contributed by atoms with Gasteiger partial charge >= 0.3 is 5.97 Å². The van der Waals surface area contributed by atoms with E-state index < -0.39 is 18.0 Å². The number of halogens is 1. The third-order valence-electron chi connectivity index (χ3n) is 4.32. The van der Waals surface area contributed by atoms with E-state index in [1.165, 1.54) is 19.1 Å². The number of rotatable bonds is 6. The van der Waals surface area contributed by atoms with Crippen molar-refractivity contribution in [3.63, 3.8) is 0 Å². The molecule has 0 saturated heterocycles. The maximum Gasteiger partial charge on any atom is 0.339 e. The van der Waals surface area contributed by atoms with E-state index in [2.05, 4.69) is 5.32 Å². The number of hydrogen-bond acceptors (Lipinski definition) is 6. The molecule has 1 heterocycles. The number of amides is 1. The molecule has 0 saturated carbocycles. The van der Waals surface area contributed by atoms with Crippen LogP contribution in [-0.2, 0) is 16.1 Å². The summed E-state index contributed by atoms with van der Waals surface area (Å²) in [6.45, 7) is 2.76. The Balaban J connectivity index is 1.58. The first-order valence-corrected chi connectivity index (χ1v) is 9.56. The normalized spacial score (nSPS) is 13.8. The number of fused-ring (bicyclic) bond motifs is 1. The zero-order valence-electron chi connectivity index (χ0n) is 16.2. The molecule has 154 valence electrons. The second kappa shape index (κ2) is 9.52. The van der Waals surface area contributed by atoms with Crippen LogP contribution in [0.2, 0.25) is 5.02 Å². The summed E-state index contributed by atoms with van der Waals surface area (Å²) in [6.07, 6.45) is -0.258. The van der Waals surface area contributed by atoms with Crippen molar-refractivity contribution in [1.29, 1.82) is 0 Å². The average molecular weight is 420 g/mol. The molecule has 1 amide bonds. The predicted molar refractivity (Wildman–Crippen MR) is 107 cm³/mol. The summed E-state index contributed by atoms with van der Waals surface area (Å²) >= 11 is 6.20. The highest BCUT2D eigenvalue weighted by Gasteiger charge is 2.22. The van der Waals surface area contributed by atoms with E-state index in [4.69, 9.17) is 30.5 Å². The molecule has 1 atom stereocenters. The van der Waals surface area contributed by atoms with Crippen LogP contribution in [0.1, 0.15) is 29.3 Å². The molecule has 0 radical (unpaired) electrons. The van der Waals surface area contributed by atoms with Crippen molar-refractivity contribution in [3.8, 4) is 17.2 Å². The number of nitrogens with one attached hydrogen (secondary N) is 1. The maximum absolute atomic E-state index is 12.5. The van der Waals surface area contributed by atoms with Crippen LogP contribution in [0.15, 0.2) is 36.4 Å². The summed E-state index contributed by atoms with van der Waals surface area (Å²) in [7, 11) is 1.59. The molecule has 29 heavy (non-hydrogen) atoms. The highest BCUT2D eigenvalue weighted by molar-refractivity contribution is 6.32. The summed E-state index contributed by atoms with van der Waals surface area (Å²) in [4.78, 5) is 24.7. The van der Waals surface area contributed by atoms with Gasteiger partial charge in [0, 0.05) is 13.0 Å². The topological polar surface area (TPSA) is 83.1 Å². The van der Waals surface area contributed by atoms with E-state index in [0.29, 0.717) is 31.3 Å². The number of carbonyl (C=O) groups is 2. The standard InChI is InChI=1S/C21H22ClNO6/c1-13(20(24)23-12-14-4-6-16(26-2)7-5-14)29-21(25)15-10-17(22)19-18(11-15)27-8-3-9-28-19/h4-7,10-11,13H,3,8-9,12H2,1-2H3,(H,23,24)/t13-/m1/s1. The highest BCUT2D eigenvalue weighted by Crippen LogP contribution is 2.38. The first-order valence-electron chi connectivity index (χ1n) is 9.18. The second-order valence-electron chi connectivity index (χ2n) is 6.45. The van der Waals surface area contributed by atoms with Gasteiger partial charge in [-0.25, -0.2) is 4.79 Å². The van der Waals surface area contributed by atoms with Gasteiger partial charge in [-0.1, -0.05) is 23.7 Å². The minimum Gasteiger partial charge on any atom is -0.497 e. The first-order chi connectivity index (χ1) is 14.0. The van der Waals surface area contributed by atoms with Gasteiger partial charge in [-0.3, -0.25) is 4.79 Å². The molecule has 1 aliphatic heterocycles. The van der Waals surface area contributed by atoms with Gasteiger partial charge in [-0.05, 0) is 36.8 Å². The van der Waals surface area contributed by atoms with Crippen molar-refractivity contribution in [2.75, 3.05) is 20.3 Å². The lowest BCUT2D eigenvalue weighted by molar-refractivity contribution is -0.129. The highest BCUT2D eigenvalue weighted by atomic mass is 35.5. The molecule has 0 fully saturated rings. The minimum atomic E-state index is -0.976. The zero-order valence-corrected chi connectivity index (χ0v) is 17.0. The Labute approximate surface area is 173 Å². The summed E-state index contributed by atoms with van der Waals surface area (Å²) in [5.41, 5.74) is 1.08. The number of ether oxygens (including phenoxy) is 4. The average Bonchev–Trinajstić information content (AvgIpc) is 2.98. The fourth-order valence-corrected chi connectivity index (χ4v) is 2.97. The molecule has 8 heteroatoms. The lowest BCUT2D eigenvalue weighted by Crippen LogP contribution is -2.35. The lowest BCUT2D eigenvalue weighted by atomic mass is 10.2. The summed E-state index contributed by atoms with van der Waals surface area (Å²) < 4.78 is 21.5. The molecule has 3 rings (SSSR count). The Kier molecular flexibility index (Phi) is 6.82. The molecular formula is C21H22ClNO6. The van der Waals surface area contributed by atoms with Gasteiger partial charge in [0.05, 0.1) is 30.9 Å². The van der Waals surface area contributed by atoms with Crippen LogP contribution < -0.4 is 19.5 Å². The van der Waals surface area contributed by atoms with Crippen LogP contribution in [0.25, 0.3) is 0 Å². The predicted octanol–water partition coefficient (Wildman–Crippen LogP) is 3.37. The molecule has 0 unspecified atom stereocenters. The number of methoxy groups -OCH3 is 1. The summed E-state index contributed by atoms with van der Waals surface area (Å²) in [6, 6.07) is 10.2. The van der Waals surface area contributed by atoms with E-state index in [-0.39, 0.29) is 10.6 Å². The largest absolute Gasteiger partial charge is 0.497 e. The fourth-order valence-electron chi connectivity index (χ4n) is 2.71. The van der Waals surface area contributed by atoms with Gasteiger partial charge in [-0.15, -0.1) is 0 Å². The van der Waals surface area contributed by atoms with E-state index in [1.807, 2.05) is 12.1 Å². The van der Waals surface area contributed by atoms with E-state index in [9.17, 15) is 9.59 Å². The molecule has 1 N–H and O–H groups in total. The van der Waals surface area contributed by atoms with Gasteiger partial charge in [0.2, 0.25) is 0 Å². The number of esters is 1. The number of benzene rings is 2. The zero-order chi connectivity index (χ0) is 20.8. The van der Waals surface area contributed by atoms with Gasteiger partial charge in [0.25, 0.3) is 5.91 Å². The Morgan fingerprint density at radius 3 is 2.62 bits per heavy atom. The van der Waals surface area contributed by atoms with Crippen LogP contribution in [0, 0.1) is 0 Å². The van der Waals surface area contributed by atoms with Crippen molar-refractivity contribution in [2.45, 2.75) is 26.0 Å². The molecule has 1 aliphatic rings. The van der Waals surface area contributed by atoms with Crippen molar-refractivity contribution in [2.24, 2.45) is 0 Å². The molecule has 0 aliphatic carbocycles. The van der Waals surface area contributed by atoms with Crippen LogP contribution in [-0.4, -0.2) is 38.3 Å². The second-order valence-corrected chi connectivity index (χ2v) is 6.86. The van der Waals surface area contributed by atoms with Gasteiger partial charge in [0.1, 0.15) is 5.75 Å². The van der Waals surface area contributed by atoms with Crippen molar-refractivity contribution < 1.29 is 28.5 Å². The van der Waals surface area contributed by atoms with E-state index in [0.717, 1.165) is 17.7 Å². The molecule has 0 aromatic heterocycles. The van der Waals surface area contributed by atoms with Crippen LogP contribution in [0.4, 0.5) is 0 Å². The molecule has 2 aromatic carbocycles. The Bertz CT molecular complexity index is 883. The van der Waals surface area contributed by atoms with Crippen LogP contribution in [0.5, 0.6) is 17.2 Å². The molecule has 0 bridgehead atoms. The summed E-state index contributed by atoms with van der Waals surface area (Å²) in [5.74, 6) is 0.449. The van der Waals surface area contributed by atoms with Crippen LogP contribution >= 0.6 is 11.6 Å². The van der Waals surface area contributed by atoms with Gasteiger partial charge in [0.15, 0.2) is 17.6 Å². The van der Waals surface area contributed by atoms with Crippen LogP contribution in [0.3, 0.4) is 0 Å². The quantitative estimate of drug-likeness (QED) is 0.723. The third kappa shape index (κ3) is 5.32. The molecule has 7 nitrogen and oxygen atoms in total. The molecule has 2 aromatic rings. The lowest BCUT2D eigenvalue weighted by Gasteiger charge is -2.15. The maximum atomic E-state index is 12.5. The number of carbonyl (C=O) groups excluding carboxylic acids is 2. The number of hydrogen-bond donors (Lipinski definition) is 1. The third-order valence-corrected chi connectivity index (χ3v) is 4.60. The Morgan fingerprint density at radius 1 is 1.17 bits per heavy atom. The molecule has 0 spiro atoms. The van der Waals surface area contributed by atoms with Crippen molar-refractivity contribution in [1.82, 2.24) is 5.32 Å². The monoisotopic (exact) mass is 419 g/mol. The Hall–Kier alpha value is -2.93. The van der Waals surface area contributed by atoms with E-state index >= 15 is 0 Å². The smallest absolute Gasteiger partial charge is 0.339 e. The minimum absolute atomic E-state index is 0.189. The summed E-state index contributed by atoms with van der Waals surface area (Å²) in [5, 5.41) is 2.99. The van der Waals surface area contributed by atoms with E-state index in [1.54, 1.807) is 19.2 Å². The van der Waals surface area contributed by atoms with Gasteiger partial charge < -0.3 is 24.3 Å². The molecular weight excluding hydrogens is 398 g/mol. The van der Waals surface area contributed by atoms with Gasteiger partial charge in [-0.2, -0.15) is 0 Å². The Morgan fingerprint density at radius 2 is 1.90 bits per heavy atom. The fraction of sp³-hybridized carbons (Fsp3) is 0.333. The van der Waals surface area contributed by atoms with Crippen molar-refractivity contribution in [3.05, 3.63) is 52.5 Å². The first kappa shape index (κ1) is 20.8.